The summed E-state index contributed by atoms with van der Waals surface area (Å²) >= 11 is 0. The van der Waals surface area contributed by atoms with Gasteiger partial charge >= 0.3 is 0 Å². The van der Waals surface area contributed by atoms with E-state index in [1.807, 2.05) is 43.5 Å². The lowest BCUT2D eigenvalue weighted by atomic mass is 9.92. The summed E-state index contributed by atoms with van der Waals surface area (Å²) in [6.45, 7) is 9.34. The zero-order valence-corrected chi connectivity index (χ0v) is 23.6. The quantitative estimate of drug-likeness (QED) is 0.251. The van der Waals surface area contributed by atoms with Gasteiger partial charge in [-0.2, -0.15) is 5.26 Å². The molecule has 0 amide bonds. The Labute approximate surface area is 236 Å². The van der Waals surface area contributed by atoms with Crippen molar-refractivity contribution >= 4 is 16.6 Å². The second-order valence-corrected chi connectivity index (χ2v) is 10.2. The Morgan fingerprint density at radius 3 is 2.55 bits per heavy atom. The molecule has 4 aromatic rings. The molecule has 1 saturated heterocycles. The van der Waals surface area contributed by atoms with Crippen molar-refractivity contribution in [2.75, 3.05) is 40.0 Å². The summed E-state index contributed by atoms with van der Waals surface area (Å²) < 4.78 is 11.3. The number of morpholine rings is 1. The van der Waals surface area contributed by atoms with Crippen LogP contribution in [0.2, 0.25) is 0 Å². The van der Waals surface area contributed by atoms with E-state index in [4.69, 9.17) is 19.5 Å². The first-order valence-electron chi connectivity index (χ1n) is 14.0. The van der Waals surface area contributed by atoms with Crippen LogP contribution in [0.3, 0.4) is 0 Å². The summed E-state index contributed by atoms with van der Waals surface area (Å²) in [5.74, 6) is 0.853. The first-order chi connectivity index (χ1) is 19.6. The van der Waals surface area contributed by atoms with Gasteiger partial charge in [0, 0.05) is 55.0 Å². The predicted octanol–water partition coefficient (Wildman–Crippen LogP) is 5.90. The number of aromatic nitrogens is 1. The molecular formula is C34H36N4O2. The topological polar surface area (TPSA) is 70.7 Å². The number of fused-ring (bicyclic) bond motifs is 1. The van der Waals surface area contributed by atoms with Crippen LogP contribution in [0.25, 0.3) is 10.9 Å². The van der Waals surface area contributed by atoms with Crippen LogP contribution < -0.4 is 4.74 Å². The van der Waals surface area contributed by atoms with Gasteiger partial charge in [-0.1, -0.05) is 36.4 Å². The first kappa shape index (κ1) is 27.5. The van der Waals surface area contributed by atoms with Gasteiger partial charge in [-0.15, -0.1) is 0 Å². The Hall–Kier alpha value is -4.05. The van der Waals surface area contributed by atoms with Crippen LogP contribution >= 0.6 is 0 Å². The van der Waals surface area contributed by atoms with E-state index in [1.54, 1.807) is 7.11 Å². The highest BCUT2D eigenvalue weighted by Gasteiger charge is 2.18. The van der Waals surface area contributed by atoms with Gasteiger partial charge in [0.15, 0.2) is 0 Å². The van der Waals surface area contributed by atoms with Gasteiger partial charge in [0.2, 0.25) is 0 Å². The van der Waals surface area contributed by atoms with E-state index in [9.17, 15) is 5.26 Å². The summed E-state index contributed by atoms with van der Waals surface area (Å²) in [6.07, 6.45) is 3.68. The van der Waals surface area contributed by atoms with Gasteiger partial charge in [0.25, 0.3) is 0 Å². The molecule has 0 unspecified atom stereocenters. The Balaban J connectivity index is 1.47. The fourth-order valence-electron chi connectivity index (χ4n) is 5.42. The van der Waals surface area contributed by atoms with E-state index in [0.29, 0.717) is 12.1 Å². The normalized spacial score (nSPS) is 14.3. The zero-order chi connectivity index (χ0) is 27.9. The Morgan fingerprint density at radius 1 is 1.05 bits per heavy atom. The number of pyridine rings is 1. The van der Waals surface area contributed by atoms with Crippen molar-refractivity contribution in [3.05, 3.63) is 106 Å². The number of nitrogens with zero attached hydrogens (tertiary/aromatic N) is 4. The van der Waals surface area contributed by atoms with Gasteiger partial charge in [0.05, 0.1) is 43.2 Å². The van der Waals surface area contributed by atoms with Crippen LogP contribution in [-0.2, 0) is 24.1 Å². The van der Waals surface area contributed by atoms with Crippen LogP contribution in [0.1, 0.15) is 45.9 Å². The second kappa shape index (κ2) is 12.9. The standard InChI is InChI=1S/C34H36N4O2/c1-4-36-34(28-11-9-26(21-35)10-12-28)33-24(2)22-37-31-20-32(39-3)29(19-30(31)33)13-8-25-6-5-7-27(18-25)23-38-14-16-40-17-15-38/h5-7,9-12,18-20,22H,4,8,13-17,23H2,1-3H3. The third-order valence-corrected chi connectivity index (χ3v) is 7.48. The average molecular weight is 533 g/mol. The van der Waals surface area contributed by atoms with Crippen LogP contribution in [-0.4, -0.2) is 55.6 Å². The number of aliphatic imine (C=N–C) groups is 1. The molecule has 1 aliphatic heterocycles. The van der Waals surface area contributed by atoms with Crippen molar-refractivity contribution in [1.82, 2.24) is 9.88 Å². The van der Waals surface area contributed by atoms with E-state index in [2.05, 4.69) is 48.2 Å². The molecular weight excluding hydrogens is 496 g/mol. The van der Waals surface area contributed by atoms with Crippen LogP contribution in [0, 0.1) is 18.3 Å². The van der Waals surface area contributed by atoms with E-state index >= 15 is 0 Å². The van der Waals surface area contributed by atoms with E-state index in [0.717, 1.165) is 90.3 Å². The highest BCUT2D eigenvalue weighted by atomic mass is 16.5. The maximum absolute atomic E-state index is 9.27. The van der Waals surface area contributed by atoms with Gasteiger partial charge < -0.3 is 9.47 Å². The third kappa shape index (κ3) is 6.22. The fraction of sp³-hybridized carbons (Fsp3) is 0.324. The molecule has 3 aromatic carbocycles. The summed E-state index contributed by atoms with van der Waals surface area (Å²) in [4.78, 5) is 12.1. The summed E-state index contributed by atoms with van der Waals surface area (Å²) in [7, 11) is 1.73. The SMILES string of the molecule is CCN=C(c1ccc(C#N)cc1)c1c(C)cnc2cc(OC)c(CCc3cccc(CN4CCOCC4)c3)cc12. The van der Waals surface area contributed by atoms with Gasteiger partial charge in [-0.3, -0.25) is 14.9 Å². The molecule has 5 rings (SSSR count). The molecule has 1 fully saturated rings. The largest absolute Gasteiger partial charge is 0.496 e. The molecule has 0 saturated carbocycles. The number of hydrogen-bond acceptors (Lipinski definition) is 6. The smallest absolute Gasteiger partial charge is 0.124 e. The number of nitriles is 1. The van der Waals surface area contributed by atoms with Crippen molar-refractivity contribution in [2.45, 2.75) is 33.2 Å². The molecule has 2 heterocycles. The molecule has 0 atom stereocenters. The molecule has 0 spiro atoms. The Kier molecular flexibility index (Phi) is 8.85. The number of methoxy groups -OCH3 is 1. The molecule has 0 N–H and O–H groups in total. The van der Waals surface area contributed by atoms with Crippen molar-refractivity contribution in [3.8, 4) is 11.8 Å². The number of benzene rings is 3. The van der Waals surface area contributed by atoms with Crippen molar-refractivity contribution in [3.63, 3.8) is 0 Å². The zero-order valence-electron chi connectivity index (χ0n) is 23.6. The van der Waals surface area contributed by atoms with Crippen LogP contribution in [0.4, 0.5) is 0 Å². The number of aryl methyl sites for hydroxylation is 3. The van der Waals surface area contributed by atoms with Crippen molar-refractivity contribution in [2.24, 2.45) is 4.99 Å². The van der Waals surface area contributed by atoms with Gasteiger partial charge in [-0.05, 0) is 67.1 Å². The summed E-state index contributed by atoms with van der Waals surface area (Å²) in [5.41, 5.74) is 9.39. The minimum absolute atomic E-state index is 0.636. The van der Waals surface area contributed by atoms with Gasteiger partial charge in [0.1, 0.15) is 5.75 Å². The molecule has 6 nitrogen and oxygen atoms in total. The molecule has 204 valence electrons. The summed E-state index contributed by atoms with van der Waals surface area (Å²) in [5, 5.41) is 10.3. The average Bonchev–Trinajstić information content (AvgIpc) is 2.99. The molecule has 1 aromatic heterocycles. The second-order valence-electron chi connectivity index (χ2n) is 10.2. The minimum atomic E-state index is 0.636. The van der Waals surface area contributed by atoms with E-state index < -0.39 is 0 Å². The number of ether oxygens (including phenoxy) is 2. The van der Waals surface area contributed by atoms with E-state index in [1.165, 1.54) is 11.1 Å². The summed E-state index contributed by atoms with van der Waals surface area (Å²) in [6, 6.07) is 23.1. The third-order valence-electron chi connectivity index (χ3n) is 7.48. The van der Waals surface area contributed by atoms with Crippen molar-refractivity contribution in [1.29, 1.82) is 5.26 Å². The molecule has 0 bridgehead atoms. The van der Waals surface area contributed by atoms with Crippen LogP contribution in [0.5, 0.6) is 5.75 Å². The van der Waals surface area contributed by atoms with E-state index in [-0.39, 0.29) is 0 Å². The first-order valence-corrected chi connectivity index (χ1v) is 14.0. The molecule has 6 heteroatoms. The fourth-order valence-corrected chi connectivity index (χ4v) is 5.42. The predicted molar refractivity (Wildman–Crippen MR) is 160 cm³/mol. The number of hydrogen-bond donors (Lipinski definition) is 0. The highest BCUT2D eigenvalue weighted by molar-refractivity contribution is 6.20. The highest BCUT2D eigenvalue weighted by Crippen LogP contribution is 2.31. The maximum Gasteiger partial charge on any atom is 0.124 e. The lowest BCUT2D eigenvalue weighted by molar-refractivity contribution is 0.0342. The Bertz CT molecular complexity index is 1550. The lowest BCUT2D eigenvalue weighted by Gasteiger charge is -2.26. The molecule has 0 aliphatic carbocycles. The Morgan fingerprint density at radius 2 is 1.82 bits per heavy atom. The minimum Gasteiger partial charge on any atom is -0.496 e. The van der Waals surface area contributed by atoms with Crippen LogP contribution in [0.15, 0.2) is 71.9 Å². The molecule has 1 aliphatic rings. The lowest BCUT2D eigenvalue weighted by Crippen LogP contribution is -2.35. The maximum atomic E-state index is 9.27. The van der Waals surface area contributed by atoms with Crippen molar-refractivity contribution < 1.29 is 9.47 Å². The number of rotatable bonds is 9. The monoisotopic (exact) mass is 532 g/mol. The molecule has 40 heavy (non-hydrogen) atoms. The molecule has 0 radical (unpaired) electrons. The van der Waals surface area contributed by atoms with Gasteiger partial charge in [-0.25, -0.2) is 0 Å².